The summed E-state index contributed by atoms with van der Waals surface area (Å²) in [6.07, 6.45) is 1.14. The second-order valence-corrected chi connectivity index (χ2v) is 4.69. The average Bonchev–Trinajstić information content (AvgIpc) is 2.39. The van der Waals surface area contributed by atoms with Crippen LogP contribution in [0.15, 0.2) is 24.3 Å². The van der Waals surface area contributed by atoms with Crippen LogP contribution in [0.5, 0.6) is 0 Å². The SMILES string of the molecule is CCC1COCCN1c1ccc(CBr)cc1. The summed E-state index contributed by atoms with van der Waals surface area (Å²) in [4.78, 5) is 2.46. The van der Waals surface area contributed by atoms with Gasteiger partial charge in [0.1, 0.15) is 0 Å². The van der Waals surface area contributed by atoms with E-state index in [2.05, 4.69) is 52.0 Å². The Morgan fingerprint density at radius 3 is 2.75 bits per heavy atom. The van der Waals surface area contributed by atoms with Gasteiger partial charge >= 0.3 is 0 Å². The Labute approximate surface area is 106 Å². The summed E-state index contributed by atoms with van der Waals surface area (Å²) < 4.78 is 5.52. The predicted molar refractivity (Wildman–Crippen MR) is 71.3 cm³/mol. The minimum absolute atomic E-state index is 0.531. The quantitative estimate of drug-likeness (QED) is 0.790. The van der Waals surface area contributed by atoms with Gasteiger partial charge in [0, 0.05) is 17.6 Å². The molecule has 0 aromatic heterocycles. The van der Waals surface area contributed by atoms with Gasteiger partial charge in [-0.25, -0.2) is 0 Å². The molecule has 1 aliphatic heterocycles. The molecule has 0 amide bonds. The zero-order valence-corrected chi connectivity index (χ0v) is 11.2. The molecule has 1 saturated heterocycles. The van der Waals surface area contributed by atoms with Crippen LogP contribution in [0.1, 0.15) is 18.9 Å². The highest BCUT2D eigenvalue weighted by atomic mass is 79.9. The fourth-order valence-electron chi connectivity index (χ4n) is 2.11. The van der Waals surface area contributed by atoms with Crippen LogP contribution in [-0.4, -0.2) is 25.8 Å². The number of ether oxygens (including phenoxy) is 1. The molecule has 1 aromatic rings. The van der Waals surface area contributed by atoms with Gasteiger partial charge in [-0.1, -0.05) is 35.0 Å². The fourth-order valence-corrected chi connectivity index (χ4v) is 2.48. The topological polar surface area (TPSA) is 12.5 Å². The molecule has 16 heavy (non-hydrogen) atoms. The van der Waals surface area contributed by atoms with E-state index in [1.165, 1.54) is 11.3 Å². The largest absolute Gasteiger partial charge is 0.377 e. The zero-order valence-electron chi connectivity index (χ0n) is 9.66. The van der Waals surface area contributed by atoms with Crippen LogP contribution in [0.4, 0.5) is 5.69 Å². The highest BCUT2D eigenvalue weighted by molar-refractivity contribution is 9.08. The maximum Gasteiger partial charge on any atom is 0.0670 e. The van der Waals surface area contributed by atoms with Crippen molar-refractivity contribution < 1.29 is 4.74 Å². The number of rotatable bonds is 3. The number of benzene rings is 1. The van der Waals surface area contributed by atoms with E-state index in [0.717, 1.165) is 31.5 Å². The van der Waals surface area contributed by atoms with Crippen LogP contribution in [0.3, 0.4) is 0 Å². The van der Waals surface area contributed by atoms with Gasteiger partial charge in [-0.15, -0.1) is 0 Å². The Bertz CT molecular complexity index is 325. The first-order valence-electron chi connectivity index (χ1n) is 5.84. The van der Waals surface area contributed by atoms with Gasteiger partial charge in [0.2, 0.25) is 0 Å². The molecule has 0 saturated carbocycles. The number of morpholine rings is 1. The minimum Gasteiger partial charge on any atom is -0.377 e. The van der Waals surface area contributed by atoms with E-state index >= 15 is 0 Å². The molecule has 2 rings (SSSR count). The van der Waals surface area contributed by atoms with E-state index in [4.69, 9.17) is 4.74 Å². The van der Waals surface area contributed by atoms with Crippen LogP contribution in [-0.2, 0) is 10.1 Å². The molecule has 88 valence electrons. The Morgan fingerprint density at radius 2 is 2.12 bits per heavy atom. The smallest absolute Gasteiger partial charge is 0.0670 e. The van der Waals surface area contributed by atoms with E-state index < -0.39 is 0 Å². The molecule has 0 N–H and O–H groups in total. The highest BCUT2D eigenvalue weighted by Crippen LogP contribution is 2.22. The standard InChI is InChI=1S/C13H18BrNO/c1-2-12-10-16-8-7-15(12)13-5-3-11(9-14)4-6-13/h3-6,12H,2,7-10H2,1H3. The van der Waals surface area contributed by atoms with Gasteiger partial charge < -0.3 is 9.64 Å². The van der Waals surface area contributed by atoms with Crippen molar-refractivity contribution in [2.75, 3.05) is 24.7 Å². The van der Waals surface area contributed by atoms with Crippen molar-refractivity contribution in [1.82, 2.24) is 0 Å². The zero-order chi connectivity index (χ0) is 11.4. The van der Waals surface area contributed by atoms with Crippen LogP contribution in [0, 0.1) is 0 Å². The molecule has 0 spiro atoms. The molecule has 1 fully saturated rings. The second-order valence-electron chi connectivity index (χ2n) is 4.13. The third-order valence-corrected chi connectivity index (χ3v) is 3.77. The first-order chi connectivity index (χ1) is 7.85. The van der Waals surface area contributed by atoms with E-state index in [9.17, 15) is 0 Å². The summed E-state index contributed by atoms with van der Waals surface area (Å²) in [5.41, 5.74) is 2.64. The molecule has 1 unspecified atom stereocenters. The molecular weight excluding hydrogens is 266 g/mol. The van der Waals surface area contributed by atoms with Crippen molar-refractivity contribution in [3.05, 3.63) is 29.8 Å². The highest BCUT2D eigenvalue weighted by Gasteiger charge is 2.21. The molecule has 2 nitrogen and oxygen atoms in total. The molecule has 1 aromatic carbocycles. The van der Waals surface area contributed by atoms with Crippen LogP contribution in [0.2, 0.25) is 0 Å². The fraction of sp³-hybridized carbons (Fsp3) is 0.538. The van der Waals surface area contributed by atoms with Crippen molar-refractivity contribution >= 4 is 21.6 Å². The molecule has 0 aliphatic carbocycles. The van der Waals surface area contributed by atoms with E-state index in [1.54, 1.807) is 0 Å². The number of alkyl halides is 1. The average molecular weight is 284 g/mol. The monoisotopic (exact) mass is 283 g/mol. The summed E-state index contributed by atoms with van der Waals surface area (Å²) in [5.74, 6) is 0. The van der Waals surface area contributed by atoms with Crippen molar-refractivity contribution in [2.24, 2.45) is 0 Å². The second kappa shape index (κ2) is 5.69. The van der Waals surface area contributed by atoms with Crippen LogP contribution >= 0.6 is 15.9 Å². The summed E-state index contributed by atoms with van der Waals surface area (Å²) >= 11 is 3.47. The molecule has 1 aliphatic rings. The van der Waals surface area contributed by atoms with E-state index in [1.807, 2.05) is 0 Å². The van der Waals surface area contributed by atoms with Crippen molar-refractivity contribution in [3.63, 3.8) is 0 Å². The summed E-state index contributed by atoms with van der Waals surface area (Å²) in [6, 6.07) is 9.33. The number of hydrogen-bond acceptors (Lipinski definition) is 2. The number of nitrogens with zero attached hydrogens (tertiary/aromatic N) is 1. The lowest BCUT2D eigenvalue weighted by atomic mass is 10.1. The first kappa shape index (κ1) is 11.9. The van der Waals surface area contributed by atoms with Crippen molar-refractivity contribution in [2.45, 2.75) is 24.7 Å². The molecule has 3 heteroatoms. The maximum atomic E-state index is 5.52. The molecular formula is C13H18BrNO. The van der Waals surface area contributed by atoms with Crippen molar-refractivity contribution in [1.29, 1.82) is 0 Å². The molecule has 0 bridgehead atoms. The number of hydrogen-bond donors (Lipinski definition) is 0. The summed E-state index contributed by atoms with van der Waals surface area (Å²) in [5, 5.41) is 0.924. The third-order valence-electron chi connectivity index (χ3n) is 3.12. The lowest BCUT2D eigenvalue weighted by Gasteiger charge is -2.37. The summed E-state index contributed by atoms with van der Waals surface area (Å²) in [7, 11) is 0. The number of anilines is 1. The van der Waals surface area contributed by atoms with E-state index in [0.29, 0.717) is 6.04 Å². The van der Waals surface area contributed by atoms with Gasteiger partial charge in [0.05, 0.1) is 19.3 Å². The lowest BCUT2D eigenvalue weighted by Crippen LogP contribution is -2.45. The molecule has 0 radical (unpaired) electrons. The normalized spacial score (nSPS) is 21.1. The Hall–Kier alpha value is -0.540. The van der Waals surface area contributed by atoms with Crippen LogP contribution in [0.25, 0.3) is 0 Å². The van der Waals surface area contributed by atoms with Gasteiger partial charge in [0.15, 0.2) is 0 Å². The van der Waals surface area contributed by atoms with Crippen molar-refractivity contribution in [3.8, 4) is 0 Å². The number of halogens is 1. The van der Waals surface area contributed by atoms with Gasteiger partial charge in [-0.05, 0) is 24.1 Å². The Kier molecular flexibility index (Phi) is 4.24. The Balaban J connectivity index is 2.14. The van der Waals surface area contributed by atoms with Crippen LogP contribution < -0.4 is 4.90 Å². The molecule has 1 atom stereocenters. The van der Waals surface area contributed by atoms with Gasteiger partial charge in [-0.3, -0.25) is 0 Å². The molecule has 1 heterocycles. The van der Waals surface area contributed by atoms with Gasteiger partial charge in [-0.2, -0.15) is 0 Å². The van der Waals surface area contributed by atoms with E-state index in [-0.39, 0.29) is 0 Å². The third kappa shape index (κ3) is 2.58. The lowest BCUT2D eigenvalue weighted by molar-refractivity contribution is 0.0930. The Morgan fingerprint density at radius 1 is 1.38 bits per heavy atom. The summed E-state index contributed by atoms with van der Waals surface area (Å²) in [6.45, 7) is 4.93. The predicted octanol–water partition coefficient (Wildman–Crippen LogP) is 3.20. The minimum atomic E-state index is 0.531. The van der Waals surface area contributed by atoms with Gasteiger partial charge in [0.25, 0.3) is 0 Å². The first-order valence-corrected chi connectivity index (χ1v) is 6.96. The maximum absolute atomic E-state index is 5.52.